The number of hydrogen-bond donors (Lipinski definition) is 2. The largest absolute Gasteiger partial charge is 0.397 e. The van der Waals surface area contributed by atoms with E-state index in [2.05, 4.69) is 41.5 Å². The fourth-order valence-electron chi connectivity index (χ4n) is 2.50. The monoisotopic (exact) mass is 277 g/mol. The molecule has 0 radical (unpaired) electrons. The van der Waals surface area contributed by atoms with Crippen molar-refractivity contribution in [1.82, 2.24) is 4.98 Å². The van der Waals surface area contributed by atoms with Gasteiger partial charge in [-0.3, -0.25) is 4.98 Å². The molecule has 0 saturated carbocycles. The molecule has 3 aromatic rings. The Hall–Kier alpha value is -2.55. The molecule has 1 aromatic heterocycles. The average Bonchev–Trinajstić information content (AvgIpc) is 2.52. The number of aryl methyl sites for hydroxylation is 1. The summed E-state index contributed by atoms with van der Waals surface area (Å²) in [5.41, 5.74) is 10.4. The van der Waals surface area contributed by atoms with Crippen LogP contribution in [0.2, 0.25) is 0 Å². The quantitative estimate of drug-likeness (QED) is 0.690. The van der Waals surface area contributed by atoms with E-state index >= 15 is 0 Å². The molecule has 3 nitrogen and oxygen atoms in total. The highest BCUT2D eigenvalue weighted by Gasteiger charge is 2.04. The van der Waals surface area contributed by atoms with Gasteiger partial charge in [-0.05, 0) is 36.2 Å². The van der Waals surface area contributed by atoms with E-state index in [1.807, 2.05) is 24.4 Å². The van der Waals surface area contributed by atoms with E-state index in [0.29, 0.717) is 0 Å². The van der Waals surface area contributed by atoms with Crippen LogP contribution in [0.15, 0.2) is 54.9 Å². The Morgan fingerprint density at radius 2 is 1.86 bits per heavy atom. The molecule has 2 aromatic carbocycles. The number of pyridine rings is 1. The van der Waals surface area contributed by atoms with Gasteiger partial charge in [0, 0.05) is 28.9 Å². The lowest BCUT2D eigenvalue weighted by atomic mass is 10.1. The molecule has 0 saturated heterocycles. The lowest BCUT2D eigenvalue weighted by molar-refractivity contribution is 0.922. The number of benzene rings is 2. The van der Waals surface area contributed by atoms with Gasteiger partial charge in [0.25, 0.3) is 0 Å². The van der Waals surface area contributed by atoms with Crippen LogP contribution in [0.3, 0.4) is 0 Å². The van der Waals surface area contributed by atoms with Crippen LogP contribution in [-0.2, 0) is 6.42 Å². The summed E-state index contributed by atoms with van der Waals surface area (Å²) in [6, 6.07) is 14.5. The minimum absolute atomic E-state index is 0.757. The van der Waals surface area contributed by atoms with Gasteiger partial charge in [0.2, 0.25) is 0 Å². The Bertz CT molecular complexity index is 748. The summed E-state index contributed by atoms with van der Waals surface area (Å²) in [5.74, 6) is 0. The smallest absolute Gasteiger partial charge is 0.0634 e. The van der Waals surface area contributed by atoms with E-state index in [1.165, 1.54) is 12.0 Å². The Kier molecular flexibility index (Phi) is 3.73. The summed E-state index contributed by atoms with van der Waals surface area (Å²) < 4.78 is 0. The second kappa shape index (κ2) is 5.83. The molecule has 0 aliphatic heterocycles. The molecule has 0 spiro atoms. The number of nitrogens with one attached hydrogen (secondary N) is 1. The van der Waals surface area contributed by atoms with Crippen LogP contribution in [-0.4, -0.2) is 4.98 Å². The summed E-state index contributed by atoms with van der Waals surface area (Å²) in [7, 11) is 0. The van der Waals surface area contributed by atoms with Crippen molar-refractivity contribution in [3.8, 4) is 0 Å². The van der Waals surface area contributed by atoms with E-state index in [1.54, 1.807) is 6.20 Å². The van der Waals surface area contributed by atoms with Gasteiger partial charge in [-0.25, -0.2) is 0 Å². The molecule has 0 aliphatic carbocycles. The second-order valence-corrected chi connectivity index (χ2v) is 5.20. The maximum atomic E-state index is 6.25. The average molecular weight is 277 g/mol. The second-order valence-electron chi connectivity index (χ2n) is 5.20. The molecule has 0 fully saturated rings. The van der Waals surface area contributed by atoms with Crippen LogP contribution in [0.1, 0.15) is 18.9 Å². The van der Waals surface area contributed by atoms with E-state index in [-0.39, 0.29) is 0 Å². The first kappa shape index (κ1) is 13.4. The predicted octanol–water partition coefficient (Wildman–Crippen LogP) is 4.51. The van der Waals surface area contributed by atoms with Crippen LogP contribution in [0.4, 0.5) is 17.1 Å². The summed E-state index contributed by atoms with van der Waals surface area (Å²) in [6.07, 6.45) is 5.88. The number of rotatable bonds is 4. The minimum Gasteiger partial charge on any atom is -0.397 e. The molecule has 3 N–H and O–H groups in total. The lowest BCUT2D eigenvalue weighted by Crippen LogP contribution is -1.97. The Balaban J connectivity index is 1.89. The number of hydrogen-bond acceptors (Lipinski definition) is 3. The third-order valence-corrected chi connectivity index (χ3v) is 3.63. The minimum atomic E-state index is 0.757. The summed E-state index contributed by atoms with van der Waals surface area (Å²) in [5, 5.41) is 5.47. The molecule has 0 amide bonds. The van der Waals surface area contributed by atoms with Crippen LogP contribution in [0.25, 0.3) is 10.8 Å². The topological polar surface area (TPSA) is 50.9 Å². The first-order valence-corrected chi connectivity index (χ1v) is 7.26. The molecule has 0 bridgehead atoms. The van der Waals surface area contributed by atoms with Gasteiger partial charge >= 0.3 is 0 Å². The summed E-state index contributed by atoms with van der Waals surface area (Å²) in [6.45, 7) is 2.19. The molecule has 3 rings (SSSR count). The van der Waals surface area contributed by atoms with Crippen molar-refractivity contribution >= 4 is 27.8 Å². The lowest BCUT2D eigenvalue weighted by Gasteiger charge is -2.12. The number of fused-ring (bicyclic) bond motifs is 1. The van der Waals surface area contributed by atoms with Crippen LogP contribution < -0.4 is 11.1 Å². The Morgan fingerprint density at radius 1 is 1.05 bits per heavy atom. The Morgan fingerprint density at radius 3 is 2.62 bits per heavy atom. The van der Waals surface area contributed by atoms with Crippen molar-refractivity contribution in [1.29, 1.82) is 0 Å². The number of anilines is 3. The van der Waals surface area contributed by atoms with Gasteiger partial charge in [0.05, 0.1) is 11.4 Å². The van der Waals surface area contributed by atoms with Crippen molar-refractivity contribution in [2.24, 2.45) is 0 Å². The van der Waals surface area contributed by atoms with Crippen molar-refractivity contribution in [2.75, 3.05) is 11.1 Å². The van der Waals surface area contributed by atoms with Gasteiger partial charge in [-0.2, -0.15) is 0 Å². The van der Waals surface area contributed by atoms with E-state index in [9.17, 15) is 0 Å². The van der Waals surface area contributed by atoms with Gasteiger partial charge in [0.1, 0.15) is 0 Å². The molecular weight excluding hydrogens is 258 g/mol. The van der Waals surface area contributed by atoms with Crippen molar-refractivity contribution < 1.29 is 0 Å². The zero-order chi connectivity index (χ0) is 14.7. The van der Waals surface area contributed by atoms with Gasteiger partial charge < -0.3 is 11.1 Å². The standard InChI is InChI=1S/C18H19N3/c1-2-3-13-4-7-15(8-5-13)21-17-9-6-14-12-20-11-10-16(14)18(17)19/h4-12,21H,2-3,19H2,1H3. The SMILES string of the molecule is CCCc1ccc(Nc2ccc3cnccc3c2N)cc1. The maximum Gasteiger partial charge on any atom is 0.0634 e. The van der Waals surface area contributed by atoms with Gasteiger partial charge in [-0.1, -0.05) is 31.5 Å². The highest BCUT2D eigenvalue weighted by molar-refractivity contribution is 5.99. The van der Waals surface area contributed by atoms with Crippen molar-refractivity contribution in [2.45, 2.75) is 19.8 Å². The first-order valence-electron chi connectivity index (χ1n) is 7.26. The number of aromatic nitrogens is 1. The van der Waals surface area contributed by atoms with E-state index in [0.717, 1.165) is 34.3 Å². The van der Waals surface area contributed by atoms with Gasteiger partial charge in [-0.15, -0.1) is 0 Å². The molecule has 1 heterocycles. The van der Waals surface area contributed by atoms with Crippen LogP contribution in [0, 0.1) is 0 Å². The Labute approximate surface area is 124 Å². The zero-order valence-electron chi connectivity index (χ0n) is 12.1. The molecular formula is C18H19N3. The van der Waals surface area contributed by atoms with E-state index in [4.69, 9.17) is 5.73 Å². The van der Waals surface area contributed by atoms with Crippen molar-refractivity contribution in [3.63, 3.8) is 0 Å². The fraction of sp³-hybridized carbons (Fsp3) is 0.167. The van der Waals surface area contributed by atoms with Crippen LogP contribution >= 0.6 is 0 Å². The number of nitrogens with zero attached hydrogens (tertiary/aromatic N) is 1. The normalized spacial score (nSPS) is 10.7. The molecule has 3 heteroatoms. The van der Waals surface area contributed by atoms with Crippen LogP contribution in [0.5, 0.6) is 0 Å². The molecule has 106 valence electrons. The number of nitrogens with two attached hydrogens (primary N) is 1. The summed E-state index contributed by atoms with van der Waals surface area (Å²) >= 11 is 0. The van der Waals surface area contributed by atoms with Crippen molar-refractivity contribution in [3.05, 3.63) is 60.4 Å². The highest BCUT2D eigenvalue weighted by atomic mass is 14.9. The molecule has 0 atom stereocenters. The third-order valence-electron chi connectivity index (χ3n) is 3.63. The third kappa shape index (κ3) is 2.82. The first-order chi connectivity index (χ1) is 10.3. The highest BCUT2D eigenvalue weighted by Crippen LogP contribution is 2.30. The van der Waals surface area contributed by atoms with E-state index < -0.39 is 0 Å². The molecule has 21 heavy (non-hydrogen) atoms. The maximum absolute atomic E-state index is 6.25. The molecule has 0 unspecified atom stereocenters. The van der Waals surface area contributed by atoms with Gasteiger partial charge in [0.15, 0.2) is 0 Å². The summed E-state index contributed by atoms with van der Waals surface area (Å²) in [4.78, 5) is 4.12. The fourth-order valence-corrected chi connectivity index (χ4v) is 2.50. The molecule has 0 aliphatic rings. The zero-order valence-corrected chi connectivity index (χ0v) is 12.1. The predicted molar refractivity (Wildman–Crippen MR) is 89.9 cm³/mol. The number of nitrogen functional groups attached to an aromatic ring is 1.